The van der Waals surface area contributed by atoms with Crippen molar-refractivity contribution in [3.05, 3.63) is 162 Å². The average Bonchev–Trinajstić information content (AvgIpc) is 0.759. The molecule has 0 unspecified atom stereocenters. The zero-order valence-electron chi connectivity index (χ0n) is 67.5. The predicted octanol–water partition coefficient (Wildman–Crippen LogP) is 21.7. The fraction of sp³-hybridized carbons (Fsp3) is 0.588. The third kappa shape index (κ3) is 26.8. The fourth-order valence-corrected chi connectivity index (χ4v) is 18.1. The molecule has 4 aromatic rings. The molecule has 0 spiro atoms. The van der Waals surface area contributed by atoms with Gasteiger partial charge < -0.3 is 42.6 Å². The number of rotatable bonds is 37. The summed E-state index contributed by atoms with van der Waals surface area (Å²) in [5, 5.41) is 0. The molecule has 4 aromatic carbocycles. The molecule has 0 aromatic heterocycles. The van der Waals surface area contributed by atoms with Crippen molar-refractivity contribution in [2.24, 2.45) is 53.3 Å². The molecule has 0 atom stereocenters. The van der Waals surface area contributed by atoms with Gasteiger partial charge in [-0.3, -0.25) is 0 Å². The summed E-state index contributed by atoms with van der Waals surface area (Å²) in [5.41, 5.74) is 0.0579. The number of ether oxygens (including phenoxy) is 9. The van der Waals surface area contributed by atoms with Crippen molar-refractivity contribution in [2.75, 3.05) is 39.6 Å². The van der Waals surface area contributed by atoms with Crippen LogP contribution in [0.25, 0.3) is 0 Å². The molecule has 112 heavy (non-hydrogen) atoms. The van der Waals surface area contributed by atoms with Gasteiger partial charge in [-0.1, -0.05) is 90.9 Å². The molecule has 6 aliphatic carbocycles. The summed E-state index contributed by atoms with van der Waals surface area (Å²) in [6.07, 6.45) is 37.2. The molecule has 0 bridgehead atoms. The molecule has 6 saturated carbocycles. The molecule has 0 radical (unpaired) electrons. The van der Waals surface area contributed by atoms with E-state index in [0.29, 0.717) is 165 Å². The Bertz CT molecular complexity index is 3620. The van der Waals surface area contributed by atoms with Crippen molar-refractivity contribution in [1.29, 1.82) is 0 Å². The second kappa shape index (κ2) is 44.2. The molecule has 6 fully saturated rings. The SMILES string of the molecule is C=CC(=O)OCCCCCCOc1ccc(C(=O)OC2(C#Cc3cc(C#CC4(OC(=O)c5ccc(OCCCCCCOC(=O)C=C)cc5)CCC(C5CCC(C)CC5)CC4)cc(C4(OC(=O)c5ccc(OCCCCCCOC(=O)C=C)cc5)CCC(C5CCC(C)CC5)CC4)c3)CCC(C3CCC(C)CC3)CC2)cc1. The zero-order valence-corrected chi connectivity index (χ0v) is 67.5. The quantitative estimate of drug-likeness (QED) is 0.0136. The number of hydrogen-bond donors (Lipinski definition) is 0. The molecule has 6 aliphatic rings. The van der Waals surface area contributed by atoms with E-state index >= 15 is 4.79 Å². The maximum absolute atomic E-state index is 15.1. The van der Waals surface area contributed by atoms with Crippen LogP contribution in [0.4, 0.5) is 0 Å². The van der Waals surface area contributed by atoms with Gasteiger partial charge in [-0.25, -0.2) is 28.8 Å². The van der Waals surface area contributed by atoms with Crippen molar-refractivity contribution in [3.8, 4) is 40.9 Å². The van der Waals surface area contributed by atoms with Crippen molar-refractivity contribution in [1.82, 2.24) is 0 Å². The molecular formula is C97H126O15. The molecule has 0 amide bonds. The molecule has 15 heteroatoms. The first kappa shape index (κ1) is 85.9. The number of esters is 6. The summed E-state index contributed by atoms with van der Waals surface area (Å²) < 4.78 is 54.5. The standard InChI is InChI=1S/C97H126O15/c1-7-89(98)107-65-19-13-10-16-62-104-86-40-34-82(35-41-86)92(101)110-95(56-48-79(49-57-95)76-28-22-71(4)23-29-76)54-46-74-68-75(47-55-96(58-50-80(51-59-96)77-30-24-72(5)25-31-77)111-93(102)83-36-42-87(43-37-83)105-63-17-11-14-20-66-108-90(99)8-2)70-85(69-74)97(60-52-81(53-61-97)78-32-26-73(6)27-33-78)112-94(103)84-38-44-88(45-39-84)106-64-18-12-15-21-67-109-91(100)9-3/h7-9,34-45,68-73,76-81H,1-3,10-33,48-53,56-67H2,4-6H3. The van der Waals surface area contributed by atoms with Crippen molar-refractivity contribution in [3.63, 3.8) is 0 Å². The highest BCUT2D eigenvalue weighted by molar-refractivity contribution is 5.91. The number of unbranched alkanes of at least 4 members (excludes halogenated alkanes) is 9. The van der Waals surface area contributed by atoms with Crippen molar-refractivity contribution in [2.45, 2.75) is 269 Å². The Hall–Kier alpha value is -8.56. The van der Waals surface area contributed by atoms with Crippen LogP contribution in [0.5, 0.6) is 17.2 Å². The summed E-state index contributed by atoms with van der Waals surface area (Å²) in [6.45, 7) is 20.1. The third-order valence-electron chi connectivity index (χ3n) is 25.3. The van der Waals surface area contributed by atoms with Crippen LogP contribution in [-0.2, 0) is 48.4 Å². The van der Waals surface area contributed by atoms with E-state index in [1.165, 1.54) is 95.3 Å². The number of benzene rings is 4. The minimum absolute atomic E-state index is 0.359. The third-order valence-corrected chi connectivity index (χ3v) is 25.3. The molecule has 15 nitrogen and oxygen atoms in total. The molecule has 0 N–H and O–H groups in total. The smallest absolute Gasteiger partial charge is 0.339 e. The summed E-state index contributed by atoms with van der Waals surface area (Å²) in [5.74, 6) is 19.6. The highest BCUT2D eigenvalue weighted by atomic mass is 16.6. The first-order valence-electron chi connectivity index (χ1n) is 42.9. The molecular weight excluding hydrogens is 1410 g/mol. The predicted molar refractivity (Wildman–Crippen MR) is 438 cm³/mol. The topological polar surface area (TPSA) is 185 Å². The first-order valence-corrected chi connectivity index (χ1v) is 42.9. The van der Waals surface area contributed by atoms with Gasteiger partial charge >= 0.3 is 35.8 Å². The van der Waals surface area contributed by atoms with Crippen LogP contribution in [0.15, 0.2) is 129 Å². The Kier molecular flexibility index (Phi) is 33.9. The minimum atomic E-state index is -1.11. The lowest BCUT2D eigenvalue weighted by atomic mass is 9.66. The van der Waals surface area contributed by atoms with Gasteiger partial charge in [0.1, 0.15) is 22.8 Å². The van der Waals surface area contributed by atoms with Crippen LogP contribution in [0.2, 0.25) is 0 Å². The highest BCUT2D eigenvalue weighted by Gasteiger charge is 2.45. The van der Waals surface area contributed by atoms with E-state index in [4.69, 9.17) is 42.6 Å². The van der Waals surface area contributed by atoms with Crippen LogP contribution < -0.4 is 14.2 Å². The van der Waals surface area contributed by atoms with E-state index in [0.717, 1.165) is 133 Å². The fourth-order valence-electron chi connectivity index (χ4n) is 18.1. The lowest BCUT2D eigenvalue weighted by molar-refractivity contribution is -0.138. The number of hydrogen-bond acceptors (Lipinski definition) is 15. The Morgan fingerprint density at radius 1 is 0.339 bits per heavy atom. The lowest BCUT2D eigenvalue weighted by Gasteiger charge is -2.43. The summed E-state index contributed by atoms with van der Waals surface area (Å²) in [4.78, 5) is 79.0. The normalized spacial score (nSPS) is 25.6. The minimum Gasteiger partial charge on any atom is -0.494 e. The van der Waals surface area contributed by atoms with Crippen molar-refractivity contribution < 1.29 is 71.4 Å². The maximum atomic E-state index is 15.1. The van der Waals surface area contributed by atoms with E-state index in [-0.39, 0.29) is 0 Å². The Balaban J connectivity index is 0.965. The lowest BCUT2D eigenvalue weighted by Crippen LogP contribution is -2.40. The van der Waals surface area contributed by atoms with Gasteiger partial charge in [0.25, 0.3) is 0 Å². The maximum Gasteiger partial charge on any atom is 0.339 e. The molecule has 0 heterocycles. The second-order valence-corrected chi connectivity index (χ2v) is 33.5. The molecule has 0 aliphatic heterocycles. The van der Waals surface area contributed by atoms with Gasteiger partial charge in [0.05, 0.1) is 56.3 Å². The van der Waals surface area contributed by atoms with Gasteiger partial charge in [0, 0.05) is 29.4 Å². The van der Waals surface area contributed by atoms with Gasteiger partial charge in [0.15, 0.2) is 11.2 Å². The van der Waals surface area contributed by atoms with Crippen LogP contribution >= 0.6 is 0 Å². The number of carbonyl (C=O) groups excluding carboxylic acids is 6. The average molecular weight is 1530 g/mol. The van der Waals surface area contributed by atoms with Gasteiger partial charge in [0.2, 0.25) is 0 Å². The van der Waals surface area contributed by atoms with Crippen LogP contribution in [0.1, 0.15) is 300 Å². The molecule has 0 saturated heterocycles. The van der Waals surface area contributed by atoms with Crippen molar-refractivity contribution >= 4 is 35.8 Å². The summed E-state index contributed by atoms with van der Waals surface area (Å²) in [7, 11) is 0. The monoisotopic (exact) mass is 1530 g/mol. The van der Waals surface area contributed by atoms with Gasteiger partial charge in [-0.05, 0) is 354 Å². The van der Waals surface area contributed by atoms with E-state index in [1.807, 2.05) is 42.5 Å². The second-order valence-electron chi connectivity index (χ2n) is 33.5. The van der Waals surface area contributed by atoms with E-state index in [9.17, 15) is 24.0 Å². The van der Waals surface area contributed by atoms with E-state index in [2.05, 4.69) is 76.3 Å². The number of carbonyl (C=O) groups is 6. The molecule has 604 valence electrons. The zero-order chi connectivity index (χ0) is 79.0. The van der Waals surface area contributed by atoms with E-state index in [1.54, 1.807) is 36.4 Å². The Morgan fingerprint density at radius 2 is 0.607 bits per heavy atom. The van der Waals surface area contributed by atoms with E-state index < -0.39 is 52.6 Å². The highest BCUT2D eigenvalue weighted by Crippen LogP contribution is 2.50. The first-order chi connectivity index (χ1) is 54.4. The summed E-state index contributed by atoms with van der Waals surface area (Å²) in [6, 6.07) is 27.8. The largest absolute Gasteiger partial charge is 0.494 e. The Labute approximate surface area is 668 Å². The molecule has 10 rings (SSSR count). The van der Waals surface area contributed by atoms with Crippen LogP contribution in [0, 0.1) is 76.9 Å². The van der Waals surface area contributed by atoms with Crippen LogP contribution in [-0.4, -0.2) is 86.7 Å². The van der Waals surface area contributed by atoms with Gasteiger partial charge in [-0.2, -0.15) is 0 Å². The van der Waals surface area contributed by atoms with Crippen LogP contribution in [0.3, 0.4) is 0 Å². The van der Waals surface area contributed by atoms with Gasteiger partial charge in [-0.15, -0.1) is 0 Å². The Morgan fingerprint density at radius 3 is 0.902 bits per heavy atom. The summed E-state index contributed by atoms with van der Waals surface area (Å²) >= 11 is 0.